The summed E-state index contributed by atoms with van der Waals surface area (Å²) < 4.78 is 6.12. The maximum Gasteiger partial charge on any atom is 0.379 e. The SMILES string of the molecule is COC(=O)C(=O)c1cn(C)c2cc(C#N)ccc12. The van der Waals surface area contributed by atoms with Gasteiger partial charge in [-0.15, -0.1) is 0 Å². The molecule has 0 spiro atoms. The summed E-state index contributed by atoms with van der Waals surface area (Å²) in [4.78, 5) is 23.1. The first kappa shape index (κ1) is 11.9. The van der Waals surface area contributed by atoms with E-state index in [1.165, 1.54) is 7.11 Å². The van der Waals surface area contributed by atoms with Crippen LogP contribution in [0.5, 0.6) is 0 Å². The Kier molecular flexibility index (Phi) is 2.86. The summed E-state index contributed by atoms with van der Waals surface area (Å²) in [6, 6.07) is 6.96. The molecule has 1 aromatic heterocycles. The van der Waals surface area contributed by atoms with Crippen molar-refractivity contribution in [1.29, 1.82) is 5.26 Å². The van der Waals surface area contributed by atoms with Gasteiger partial charge in [0.25, 0.3) is 5.78 Å². The van der Waals surface area contributed by atoms with Gasteiger partial charge >= 0.3 is 5.97 Å². The number of carbonyl (C=O) groups is 2. The summed E-state index contributed by atoms with van der Waals surface area (Å²) in [6.07, 6.45) is 1.56. The molecule has 18 heavy (non-hydrogen) atoms. The lowest BCUT2D eigenvalue weighted by molar-refractivity contribution is -0.135. The molecule has 5 nitrogen and oxygen atoms in total. The van der Waals surface area contributed by atoms with Gasteiger partial charge in [0, 0.05) is 24.1 Å². The number of hydrogen-bond acceptors (Lipinski definition) is 4. The Morgan fingerprint density at radius 1 is 1.39 bits per heavy atom. The summed E-state index contributed by atoms with van der Waals surface area (Å²) in [5.41, 5.74) is 1.51. The predicted molar refractivity (Wildman–Crippen MR) is 64.0 cm³/mol. The number of esters is 1. The molecule has 0 radical (unpaired) electrons. The molecule has 2 aromatic rings. The van der Waals surface area contributed by atoms with Crippen molar-refractivity contribution in [2.45, 2.75) is 0 Å². The van der Waals surface area contributed by atoms with E-state index in [0.717, 1.165) is 5.52 Å². The van der Waals surface area contributed by atoms with Crippen molar-refractivity contribution in [2.24, 2.45) is 7.05 Å². The number of Topliss-reactive ketones (excluding diaryl/α,β-unsaturated/α-hetero) is 1. The molecule has 90 valence electrons. The van der Waals surface area contributed by atoms with E-state index >= 15 is 0 Å². The summed E-state index contributed by atoms with van der Waals surface area (Å²) in [5.74, 6) is -1.58. The number of ether oxygens (including phenoxy) is 1. The van der Waals surface area contributed by atoms with Crippen LogP contribution < -0.4 is 0 Å². The van der Waals surface area contributed by atoms with Crippen molar-refractivity contribution < 1.29 is 14.3 Å². The Morgan fingerprint density at radius 2 is 2.11 bits per heavy atom. The van der Waals surface area contributed by atoms with E-state index in [1.54, 1.807) is 36.0 Å². The van der Waals surface area contributed by atoms with Crippen LogP contribution in [-0.4, -0.2) is 23.4 Å². The molecule has 0 aliphatic carbocycles. The maximum atomic E-state index is 11.8. The highest BCUT2D eigenvalue weighted by Crippen LogP contribution is 2.22. The fourth-order valence-electron chi connectivity index (χ4n) is 1.84. The number of rotatable bonds is 2. The largest absolute Gasteiger partial charge is 0.463 e. The number of benzene rings is 1. The molecule has 5 heteroatoms. The van der Waals surface area contributed by atoms with Crippen LogP contribution in [-0.2, 0) is 16.6 Å². The highest BCUT2D eigenvalue weighted by Gasteiger charge is 2.21. The molecule has 0 bridgehead atoms. The fraction of sp³-hybridized carbons (Fsp3) is 0.154. The Labute approximate surface area is 103 Å². The monoisotopic (exact) mass is 242 g/mol. The van der Waals surface area contributed by atoms with Gasteiger partial charge < -0.3 is 9.30 Å². The van der Waals surface area contributed by atoms with E-state index in [9.17, 15) is 9.59 Å². The minimum atomic E-state index is -0.896. The van der Waals surface area contributed by atoms with Crippen LogP contribution >= 0.6 is 0 Å². The lowest BCUT2D eigenvalue weighted by Crippen LogP contribution is -2.15. The third-order valence-corrected chi connectivity index (χ3v) is 2.74. The summed E-state index contributed by atoms with van der Waals surface area (Å²) in [7, 11) is 2.91. The van der Waals surface area contributed by atoms with E-state index in [1.807, 2.05) is 6.07 Å². The third-order valence-electron chi connectivity index (χ3n) is 2.74. The second kappa shape index (κ2) is 4.34. The lowest BCUT2D eigenvalue weighted by atomic mass is 10.1. The number of aryl methyl sites for hydroxylation is 1. The van der Waals surface area contributed by atoms with Crippen molar-refractivity contribution in [3.8, 4) is 6.07 Å². The first-order valence-electron chi connectivity index (χ1n) is 5.20. The molecule has 0 saturated heterocycles. The fourth-order valence-corrected chi connectivity index (χ4v) is 1.84. The van der Waals surface area contributed by atoms with E-state index < -0.39 is 11.8 Å². The summed E-state index contributed by atoms with van der Waals surface area (Å²) in [5, 5.41) is 9.46. The molecule has 0 aliphatic rings. The molecule has 1 heterocycles. The molecule has 0 fully saturated rings. The second-order valence-electron chi connectivity index (χ2n) is 3.82. The number of carbonyl (C=O) groups excluding carboxylic acids is 2. The zero-order chi connectivity index (χ0) is 13.3. The third kappa shape index (κ3) is 1.74. The second-order valence-corrected chi connectivity index (χ2v) is 3.82. The van der Waals surface area contributed by atoms with Gasteiger partial charge in [-0.1, -0.05) is 6.07 Å². The molecule has 0 amide bonds. The number of aromatic nitrogens is 1. The number of hydrogen-bond donors (Lipinski definition) is 0. The van der Waals surface area contributed by atoms with Crippen LogP contribution in [0.4, 0.5) is 0 Å². The van der Waals surface area contributed by atoms with E-state index in [4.69, 9.17) is 5.26 Å². The average molecular weight is 242 g/mol. The number of nitrogens with zero attached hydrogens (tertiary/aromatic N) is 2. The quantitative estimate of drug-likeness (QED) is 0.453. The predicted octanol–water partition coefficient (Wildman–Crippen LogP) is 1.41. The van der Waals surface area contributed by atoms with E-state index in [2.05, 4.69) is 4.74 Å². The van der Waals surface area contributed by atoms with Crippen molar-refractivity contribution in [3.63, 3.8) is 0 Å². The van der Waals surface area contributed by atoms with Crippen LogP contribution in [0.15, 0.2) is 24.4 Å². The Balaban J connectivity index is 2.65. The van der Waals surface area contributed by atoms with E-state index in [0.29, 0.717) is 10.9 Å². The van der Waals surface area contributed by atoms with Crippen LogP contribution in [0.3, 0.4) is 0 Å². The molecule has 0 aliphatic heterocycles. The molecule has 0 saturated carbocycles. The normalized spacial score (nSPS) is 10.1. The van der Waals surface area contributed by atoms with Crippen LogP contribution in [0.2, 0.25) is 0 Å². The van der Waals surface area contributed by atoms with Gasteiger partial charge in [0.05, 0.1) is 24.3 Å². The van der Waals surface area contributed by atoms with Gasteiger partial charge in [0.2, 0.25) is 0 Å². The van der Waals surface area contributed by atoms with Crippen molar-refractivity contribution in [1.82, 2.24) is 4.57 Å². The Hall–Kier alpha value is -2.61. The topological polar surface area (TPSA) is 72.1 Å². The highest BCUT2D eigenvalue weighted by atomic mass is 16.5. The first-order valence-corrected chi connectivity index (χ1v) is 5.20. The number of fused-ring (bicyclic) bond motifs is 1. The Morgan fingerprint density at radius 3 is 2.72 bits per heavy atom. The van der Waals surface area contributed by atoms with Crippen LogP contribution in [0, 0.1) is 11.3 Å². The zero-order valence-electron chi connectivity index (χ0n) is 9.93. The minimum Gasteiger partial charge on any atom is -0.463 e. The molecule has 2 rings (SSSR count). The number of nitriles is 1. The minimum absolute atomic E-state index is 0.281. The molecule has 1 aromatic carbocycles. The smallest absolute Gasteiger partial charge is 0.379 e. The summed E-state index contributed by atoms with van der Waals surface area (Å²) in [6.45, 7) is 0. The van der Waals surface area contributed by atoms with Gasteiger partial charge in [-0.05, 0) is 12.1 Å². The van der Waals surface area contributed by atoms with Gasteiger partial charge in [-0.2, -0.15) is 5.26 Å². The molecular formula is C13H10N2O3. The first-order chi connectivity index (χ1) is 8.58. The van der Waals surface area contributed by atoms with Crippen molar-refractivity contribution in [3.05, 3.63) is 35.5 Å². The molecular weight excluding hydrogens is 232 g/mol. The lowest BCUT2D eigenvalue weighted by Gasteiger charge is -1.97. The van der Waals surface area contributed by atoms with E-state index in [-0.39, 0.29) is 5.56 Å². The van der Waals surface area contributed by atoms with Gasteiger partial charge in [0.1, 0.15) is 0 Å². The molecule has 0 N–H and O–H groups in total. The number of methoxy groups -OCH3 is 1. The van der Waals surface area contributed by atoms with Gasteiger partial charge in [0.15, 0.2) is 0 Å². The van der Waals surface area contributed by atoms with Gasteiger partial charge in [-0.25, -0.2) is 4.79 Å². The molecule has 0 atom stereocenters. The highest BCUT2D eigenvalue weighted by molar-refractivity contribution is 6.43. The maximum absolute atomic E-state index is 11.8. The van der Waals surface area contributed by atoms with Crippen LogP contribution in [0.25, 0.3) is 10.9 Å². The molecule has 0 unspecified atom stereocenters. The van der Waals surface area contributed by atoms with Gasteiger partial charge in [-0.3, -0.25) is 4.79 Å². The standard InChI is InChI=1S/C13H10N2O3/c1-15-7-10(12(16)13(17)18-2)9-4-3-8(6-14)5-11(9)15/h3-5,7H,1-2H3. The van der Waals surface area contributed by atoms with Crippen molar-refractivity contribution in [2.75, 3.05) is 7.11 Å². The zero-order valence-corrected chi connectivity index (χ0v) is 9.93. The summed E-state index contributed by atoms with van der Waals surface area (Å²) >= 11 is 0. The Bertz CT molecular complexity index is 692. The number of ketones is 1. The average Bonchev–Trinajstić information content (AvgIpc) is 2.73. The van der Waals surface area contributed by atoms with Crippen LogP contribution in [0.1, 0.15) is 15.9 Å². The van der Waals surface area contributed by atoms with Crippen molar-refractivity contribution >= 4 is 22.7 Å².